The van der Waals surface area contributed by atoms with Crippen LogP contribution in [0.1, 0.15) is 52.0 Å². The van der Waals surface area contributed by atoms with Gasteiger partial charge in [0, 0.05) is 19.3 Å². The van der Waals surface area contributed by atoms with Crippen LogP contribution in [0.4, 0.5) is 5.69 Å². The molecular formula is C17H28N2O. The van der Waals surface area contributed by atoms with Crippen molar-refractivity contribution in [2.24, 2.45) is 11.1 Å². The normalized spacial score (nSPS) is 11.8. The van der Waals surface area contributed by atoms with Crippen molar-refractivity contribution in [3.05, 3.63) is 29.8 Å². The lowest BCUT2D eigenvalue weighted by atomic mass is 9.81. The second-order valence-electron chi connectivity index (χ2n) is 5.80. The molecule has 0 aliphatic heterocycles. The summed E-state index contributed by atoms with van der Waals surface area (Å²) in [6.45, 7) is 8.79. The molecule has 0 fully saturated rings. The molecule has 2 N–H and O–H groups in total. The van der Waals surface area contributed by atoms with Gasteiger partial charge in [-0.25, -0.2) is 0 Å². The second-order valence-corrected chi connectivity index (χ2v) is 5.80. The number of hydrogen-bond acceptors (Lipinski definition) is 2. The molecule has 0 radical (unpaired) electrons. The minimum atomic E-state index is -0.439. The van der Waals surface area contributed by atoms with Crippen LogP contribution >= 0.6 is 0 Å². The Morgan fingerprint density at radius 1 is 1.20 bits per heavy atom. The van der Waals surface area contributed by atoms with Crippen LogP contribution in [-0.2, 0) is 4.79 Å². The van der Waals surface area contributed by atoms with Gasteiger partial charge in [-0.3, -0.25) is 4.79 Å². The van der Waals surface area contributed by atoms with Crippen molar-refractivity contribution in [2.45, 2.75) is 46.5 Å². The molecule has 0 saturated carbocycles. The first-order valence-corrected chi connectivity index (χ1v) is 7.50. The van der Waals surface area contributed by atoms with Gasteiger partial charge < -0.3 is 10.6 Å². The number of rotatable bonds is 6. The highest BCUT2D eigenvalue weighted by Gasteiger charge is 2.36. The van der Waals surface area contributed by atoms with Crippen molar-refractivity contribution in [1.82, 2.24) is 0 Å². The summed E-state index contributed by atoms with van der Waals surface area (Å²) < 4.78 is 0. The van der Waals surface area contributed by atoms with Crippen molar-refractivity contribution in [2.75, 3.05) is 18.5 Å². The predicted molar refractivity (Wildman–Crippen MR) is 86.0 cm³/mol. The monoisotopic (exact) mass is 276 g/mol. The Hall–Kier alpha value is -1.35. The zero-order valence-corrected chi connectivity index (χ0v) is 13.4. The fourth-order valence-corrected chi connectivity index (χ4v) is 2.48. The molecule has 1 rings (SSSR count). The first kappa shape index (κ1) is 16.7. The molecule has 1 aromatic rings. The Labute approximate surface area is 123 Å². The molecular weight excluding hydrogens is 248 g/mol. The van der Waals surface area contributed by atoms with Crippen LogP contribution < -0.4 is 10.6 Å². The number of carbonyl (C=O) groups is 1. The Kier molecular flexibility index (Phi) is 5.75. The second kappa shape index (κ2) is 6.89. The van der Waals surface area contributed by atoms with Gasteiger partial charge >= 0.3 is 0 Å². The minimum Gasteiger partial charge on any atom is -0.329 e. The molecule has 0 aliphatic carbocycles. The molecule has 112 valence electrons. The summed E-state index contributed by atoms with van der Waals surface area (Å²) in [5, 5.41) is 0. The fraction of sp³-hybridized carbons (Fsp3) is 0.588. The highest BCUT2D eigenvalue weighted by molar-refractivity contribution is 5.97. The van der Waals surface area contributed by atoms with Crippen LogP contribution in [0.3, 0.4) is 0 Å². The lowest BCUT2D eigenvalue weighted by molar-refractivity contribution is -0.127. The standard InChI is InChI=1S/C17H28N2O/c1-6-17(7-2,12-18)16(20)19(5)15-10-8-14(9-11-15)13(3)4/h8-11,13H,6-7,12,18H2,1-5H3. The third kappa shape index (κ3) is 3.21. The highest BCUT2D eigenvalue weighted by atomic mass is 16.2. The van der Waals surface area contributed by atoms with Crippen LogP contribution in [0.25, 0.3) is 0 Å². The van der Waals surface area contributed by atoms with Crippen molar-refractivity contribution in [1.29, 1.82) is 0 Å². The summed E-state index contributed by atoms with van der Waals surface area (Å²) >= 11 is 0. The van der Waals surface area contributed by atoms with Gasteiger partial charge in [0.15, 0.2) is 0 Å². The van der Waals surface area contributed by atoms with Crippen molar-refractivity contribution < 1.29 is 4.79 Å². The van der Waals surface area contributed by atoms with Crippen LogP contribution in [0.5, 0.6) is 0 Å². The summed E-state index contributed by atoms with van der Waals surface area (Å²) in [6.07, 6.45) is 1.54. The van der Waals surface area contributed by atoms with Gasteiger partial charge in [0.05, 0.1) is 5.41 Å². The number of carbonyl (C=O) groups excluding carboxylic acids is 1. The molecule has 0 aromatic heterocycles. The maximum Gasteiger partial charge on any atom is 0.234 e. The van der Waals surface area contributed by atoms with Gasteiger partial charge in [0.1, 0.15) is 0 Å². The Morgan fingerprint density at radius 3 is 2.05 bits per heavy atom. The maximum atomic E-state index is 12.7. The van der Waals surface area contributed by atoms with Crippen molar-refractivity contribution in [3.63, 3.8) is 0 Å². The topological polar surface area (TPSA) is 46.3 Å². The zero-order chi connectivity index (χ0) is 15.3. The van der Waals surface area contributed by atoms with E-state index in [1.807, 2.05) is 33.0 Å². The zero-order valence-electron chi connectivity index (χ0n) is 13.4. The van der Waals surface area contributed by atoms with Crippen molar-refractivity contribution in [3.8, 4) is 0 Å². The van der Waals surface area contributed by atoms with Crippen molar-refractivity contribution >= 4 is 11.6 Å². The highest BCUT2D eigenvalue weighted by Crippen LogP contribution is 2.30. The number of nitrogens with zero attached hydrogens (tertiary/aromatic N) is 1. The summed E-state index contributed by atoms with van der Waals surface area (Å²) in [5.41, 5.74) is 7.64. The Morgan fingerprint density at radius 2 is 1.70 bits per heavy atom. The Bertz CT molecular complexity index is 425. The lowest BCUT2D eigenvalue weighted by Gasteiger charge is -2.33. The molecule has 20 heavy (non-hydrogen) atoms. The molecule has 0 aliphatic rings. The molecule has 3 heteroatoms. The SMILES string of the molecule is CCC(CC)(CN)C(=O)N(C)c1ccc(C(C)C)cc1. The first-order chi connectivity index (χ1) is 9.41. The summed E-state index contributed by atoms with van der Waals surface area (Å²) in [4.78, 5) is 14.5. The smallest absolute Gasteiger partial charge is 0.234 e. The van der Waals surface area contributed by atoms with Crippen LogP contribution in [0, 0.1) is 5.41 Å². The third-order valence-electron chi connectivity index (χ3n) is 4.45. The molecule has 3 nitrogen and oxygen atoms in total. The molecule has 0 unspecified atom stereocenters. The van der Waals surface area contributed by atoms with E-state index in [4.69, 9.17) is 5.73 Å². The number of anilines is 1. The van der Waals surface area contributed by atoms with Gasteiger partial charge in [-0.1, -0.05) is 39.8 Å². The van der Waals surface area contributed by atoms with Crippen LogP contribution in [-0.4, -0.2) is 19.5 Å². The number of amides is 1. The number of nitrogens with two attached hydrogens (primary N) is 1. The van der Waals surface area contributed by atoms with Gasteiger partial charge in [-0.2, -0.15) is 0 Å². The van der Waals surface area contributed by atoms with Crippen LogP contribution in [0.2, 0.25) is 0 Å². The molecule has 1 amide bonds. The van der Waals surface area contributed by atoms with Gasteiger partial charge in [0.2, 0.25) is 5.91 Å². The van der Waals surface area contributed by atoms with E-state index in [9.17, 15) is 4.79 Å². The number of hydrogen-bond donors (Lipinski definition) is 1. The van der Waals surface area contributed by atoms with E-state index in [2.05, 4.69) is 26.0 Å². The minimum absolute atomic E-state index is 0.113. The maximum absolute atomic E-state index is 12.7. The fourth-order valence-electron chi connectivity index (χ4n) is 2.48. The molecule has 0 atom stereocenters. The van der Waals surface area contributed by atoms with Crippen LogP contribution in [0.15, 0.2) is 24.3 Å². The van der Waals surface area contributed by atoms with E-state index in [-0.39, 0.29) is 5.91 Å². The predicted octanol–water partition coefficient (Wildman–Crippen LogP) is 3.54. The third-order valence-corrected chi connectivity index (χ3v) is 4.45. The average molecular weight is 276 g/mol. The first-order valence-electron chi connectivity index (χ1n) is 7.50. The van der Waals surface area contributed by atoms with E-state index in [0.29, 0.717) is 12.5 Å². The molecule has 1 aromatic carbocycles. The average Bonchev–Trinajstić information content (AvgIpc) is 2.48. The van der Waals surface area contributed by atoms with E-state index < -0.39 is 5.41 Å². The van der Waals surface area contributed by atoms with Gasteiger partial charge in [-0.05, 0) is 36.5 Å². The van der Waals surface area contributed by atoms with E-state index in [1.54, 1.807) is 4.90 Å². The quantitative estimate of drug-likeness (QED) is 0.864. The number of benzene rings is 1. The molecule has 0 bridgehead atoms. The largest absolute Gasteiger partial charge is 0.329 e. The Balaban J connectivity index is 2.99. The summed E-state index contributed by atoms with van der Waals surface area (Å²) in [5.74, 6) is 0.613. The summed E-state index contributed by atoms with van der Waals surface area (Å²) in [6, 6.07) is 8.21. The molecule has 0 saturated heterocycles. The summed E-state index contributed by atoms with van der Waals surface area (Å²) in [7, 11) is 1.84. The van der Waals surface area contributed by atoms with E-state index in [1.165, 1.54) is 5.56 Å². The molecule has 0 spiro atoms. The van der Waals surface area contributed by atoms with E-state index >= 15 is 0 Å². The molecule has 0 heterocycles. The lowest BCUT2D eigenvalue weighted by Crippen LogP contribution is -2.46. The van der Waals surface area contributed by atoms with Gasteiger partial charge in [0.25, 0.3) is 0 Å². The van der Waals surface area contributed by atoms with Gasteiger partial charge in [-0.15, -0.1) is 0 Å². The van der Waals surface area contributed by atoms with E-state index in [0.717, 1.165) is 18.5 Å².